The molecule has 0 atom stereocenters. The van der Waals surface area contributed by atoms with E-state index in [1.165, 1.54) is 39.1 Å². The third-order valence-electron chi connectivity index (χ3n) is 6.47. The molecule has 1 aliphatic heterocycles. The Hall–Kier alpha value is -2.33. The van der Waals surface area contributed by atoms with Gasteiger partial charge in [0.15, 0.2) is 3.95 Å². The van der Waals surface area contributed by atoms with Gasteiger partial charge in [-0.1, -0.05) is 49.9 Å². The van der Waals surface area contributed by atoms with Crippen molar-refractivity contribution in [3.05, 3.63) is 62.2 Å². The van der Waals surface area contributed by atoms with E-state index >= 15 is 0 Å². The summed E-state index contributed by atoms with van der Waals surface area (Å²) in [4.78, 5) is 3.16. The first-order valence-corrected chi connectivity index (χ1v) is 11.9. The first kappa shape index (κ1) is 20.9. The minimum Gasteiger partial charge on any atom is -0.493 e. The molecule has 30 heavy (non-hydrogen) atoms. The number of allylic oxidation sites excluding steroid dienone is 1. The molecule has 2 heterocycles. The number of benzene rings is 2. The zero-order valence-electron chi connectivity index (χ0n) is 18.0. The first-order valence-electron chi connectivity index (χ1n) is 10.7. The van der Waals surface area contributed by atoms with Gasteiger partial charge in [0.1, 0.15) is 0 Å². The van der Waals surface area contributed by atoms with Crippen LogP contribution in [0.5, 0.6) is 5.88 Å². The lowest BCUT2D eigenvalue weighted by molar-refractivity contribution is 0.419. The molecule has 5 heteroatoms. The van der Waals surface area contributed by atoms with Crippen LogP contribution in [-0.2, 0) is 12.0 Å². The molecule has 1 aromatic heterocycles. The van der Waals surface area contributed by atoms with Gasteiger partial charge in [0.05, 0.1) is 10.6 Å². The maximum Gasteiger partial charge on any atom is 0.211 e. The van der Waals surface area contributed by atoms with E-state index in [1.54, 1.807) is 4.57 Å². The van der Waals surface area contributed by atoms with E-state index in [-0.39, 0.29) is 11.3 Å². The summed E-state index contributed by atoms with van der Waals surface area (Å²) in [6, 6.07) is 13.1. The van der Waals surface area contributed by atoms with Crippen LogP contribution < -0.4 is 4.90 Å². The van der Waals surface area contributed by atoms with Gasteiger partial charge in [0, 0.05) is 30.3 Å². The Bertz CT molecular complexity index is 1220. The number of fused-ring (bicyclic) bond motifs is 3. The second-order valence-corrected chi connectivity index (χ2v) is 9.33. The van der Waals surface area contributed by atoms with E-state index in [2.05, 4.69) is 67.8 Å². The summed E-state index contributed by atoms with van der Waals surface area (Å²) >= 11 is 6.85. The maximum atomic E-state index is 10.6. The van der Waals surface area contributed by atoms with Crippen molar-refractivity contribution in [1.82, 2.24) is 4.57 Å². The Labute approximate surface area is 187 Å². The Morgan fingerprint density at radius 1 is 1.07 bits per heavy atom. The molecule has 0 radical (unpaired) electrons. The summed E-state index contributed by atoms with van der Waals surface area (Å²) in [7, 11) is 0. The van der Waals surface area contributed by atoms with Crippen molar-refractivity contribution in [3.8, 4) is 5.88 Å². The first-order chi connectivity index (χ1) is 14.5. The van der Waals surface area contributed by atoms with Crippen LogP contribution >= 0.6 is 23.6 Å². The third kappa shape index (κ3) is 2.96. The van der Waals surface area contributed by atoms with Gasteiger partial charge in [-0.05, 0) is 61.3 Å². The fourth-order valence-corrected chi connectivity index (χ4v) is 6.21. The number of aromatic nitrogens is 1. The van der Waals surface area contributed by atoms with Gasteiger partial charge in [-0.3, -0.25) is 4.57 Å². The molecule has 4 rings (SSSR count). The molecule has 156 valence electrons. The highest BCUT2D eigenvalue weighted by Gasteiger charge is 2.45. The minimum atomic E-state index is -0.104. The molecule has 0 saturated carbocycles. The van der Waals surface area contributed by atoms with Gasteiger partial charge in [-0.25, -0.2) is 0 Å². The van der Waals surface area contributed by atoms with E-state index in [4.69, 9.17) is 12.2 Å². The lowest BCUT2D eigenvalue weighted by atomic mass is 9.73. The highest BCUT2D eigenvalue weighted by atomic mass is 32.1. The van der Waals surface area contributed by atoms with E-state index in [9.17, 15) is 5.11 Å². The van der Waals surface area contributed by atoms with Crippen LogP contribution in [0.4, 0.5) is 5.69 Å². The van der Waals surface area contributed by atoms with Crippen LogP contribution in [0, 0.1) is 3.95 Å². The maximum absolute atomic E-state index is 10.6. The summed E-state index contributed by atoms with van der Waals surface area (Å²) < 4.78 is 2.46. The number of nitrogens with zero attached hydrogens (tertiary/aromatic N) is 2. The molecular weight excluding hydrogens is 408 g/mol. The molecule has 0 spiro atoms. The molecule has 0 fully saturated rings. The largest absolute Gasteiger partial charge is 0.493 e. The number of hydrogen-bond donors (Lipinski definition) is 1. The van der Waals surface area contributed by atoms with Crippen molar-refractivity contribution in [1.29, 1.82) is 0 Å². The lowest BCUT2D eigenvalue weighted by Crippen LogP contribution is -2.29. The van der Waals surface area contributed by atoms with Crippen LogP contribution in [0.3, 0.4) is 0 Å². The second-order valence-electron chi connectivity index (χ2n) is 7.65. The van der Waals surface area contributed by atoms with Crippen molar-refractivity contribution in [2.75, 3.05) is 11.4 Å². The van der Waals surface area contributed by atoms with Crippen molar-refractivity contribution in [2.24, 2.45) is 0 Å². The number of thiazole rings is 1. The smallest absolute Gasteiger partial charge is 0.211 e. The lowest BCUT2D eigenvalue weighted by Gasteiger charge is -2.30. The molecule has 0 aliphatic carbocycles. The van der Waals surface area contributed by atoms with Crippen LogP contribution in [0.1, 0.15) is 51.0 Å². The Balaban J connectivity index is 2.01. The van der Waals surface area contributed by atoms with E-state index in [0.717, 1.165) is 24.3 Å². The molecule has 1 N–H and O–H groups in total. The van der Waals surface area contributed by atoms with Crippen LogP contribution in [0.15, 0.2) is 47.8 Å². The Kier molecular flexibility index (Phi) is 5.63. The SMILES string of the molecule is CCN1C(=C=Cc2sc(=S)n(CC)c2O)C(CC)(CC)c2c1ccc1ccccc21. The zero-order chi connectivity index (χ0) is 21.5. The minimum absolute atomic E-state index is 0.104. The highest BCUT2D eigenvalue weighted by molar-refractivity contribution is 7.73. The molecule has 2 aromatic carbocycles. The third-order valence-corrected chi connectivity index (χ3v) is 7.86. The number of hydrogen-bond acceptors (Lipinski definition) is 4. The van der Waals surface area contributed by atoms with Crippen LogP contribution in [0.2, 0.25) is 0 Å². The molecule has 1 aliphatic rings. The summed E-state index contributed by atoms with van der Waals surface area (Å²) in [5, 5.41) is 13.2. The predicted octanol–water partition coefficient (Wildman–Crippen LogP) is 7.25. The van der Waals surface area contributed by atoms with Crippen molar-refractivity contribution < 1.29 is 5.11 Å². The van der Waals surface area contributed by atoms with Gasteiger partial charge in [-0.2, -0.15) is 0 Å². The Morgan fingerprint density at radius 3 is 2.43 bits per heavy atom. The summed E-state index contributed by atoms with van der Waals surface area (Å²) in [6.45, 7) is 10.3. The predicted molar refractivity (Wildman–Crippen MR) is 131 cm³/mol. The van der Waals surface area contributed by atoms with E-state index in [0.29, 0.717) is 10.5 Å². The average molecular weight is 437 g/mol. The number of aromatic hydroxyl groups is 1. The standard InChI is InChI=1S/C25H28N2OS2/c1-5-25(6-2)21(16-15-20-23(28)27(8-4)24(29)30-20)26(7-3)19-14-13-17-11-9-10-12-18(17)22(19)25/h9-15,28H,5-8H2,1-4H3. The van der Waals surface area contributed by atoms with Gasteiger partial charge in [0.25, 0.3) is 0 Å². The zero-order valence-corrected chi connectivity index (χ0v) is 19.7. The fraction of sp³-hybridized carbons (Fsp3) is 0.360. The van der Waals surface area contributed by atoms with Gasteiger partial charge < -0.3 is 10.0 Å². The highest BCUT2D eigenvalue weighted by Crippen LogP contribution is 2.54. The number of anilines is 1. The van der Waals surface area contributed by atoms with Gasteiger partial charge in [0.2, 0.25) is 5.88 Å². The normalized spacial score (nSPS) is 14.8. The quantitative estimate of drug-likeness (QED) is 0.337. The monoisotopic (exact) mass is 436 g/mol. The second kappa shape index (κ2) is 8.07. The number of likely N-dealkylation sites (N-methyl/N-ethyl adjacent to an activating group) is 1. The van der Waals surface area contributed by atoms with Gasteiger partial charge >= 0.3 is 0 Å². The van der Waals surface area contributed by atoms with Crippen molar-refractivity contribution in [2.45, 2.75) is 52.5 Å². The van der Waals surface area contributed by atoms with Gasteiger partial charge in [-0.15, -0.1) is 11.3 Å². The van der Waals surface area contributed by atoms with Crippen molar-refractivity contribution in [3.63, 3.8) is 0 Å². The Morgan fingerprint density at radius 2 is 1.80 bits per heavy atom. The van der Waals surface area contributed by atoms with Crippen molar-refractivity contribution >= 4 is 46.1 Å². The van der Waals surface area contributed by atoms with E-state index in [1.807, 2.05) is 13.0 Å². The molecule has 3 aromatic rings. The fourth-order valence-electron chi connectivity index (χ4n) is 4.89. The summed E-state index contributed by atoms with van der Waals surface area (Å²) in [6.07, 6.45) is 3.91. The van der Waals surface area contributed by atoms with E-state index < -0.39 is 0 Å². The molecule has 0 amide bonds. The molecule has 3 nitrogen and oxygen atoms in total. The van der Waals surface area contributed by atoms with Crippen LogP contribution in [0.25, 0.3) is 16.8 Å². The topological polar surface area (TPSA) is 28.4 Å². The summed E-state index contributed by atoms with van der Waals surface area (Å²) in [5.74, 6) is 0.239. The van der Waals surface area contributed by atoms with Crippen LogP contribution in [-0.4, -0.2) is 16.2 Å². The summed E-state index contributed by atoms with van der Waals surface area (Å²) in [5.41, 5.74) is 7.38. The molecule has 0 bridgehead atoms. The molecular formula is C25H28N2OS2. The average Bonchev–Trinajstić information content (AvgIpc) is 3.21. The molecule has 0 saturated heterocycles. The molecule has 0 unspecified atom stereocenters. The number of rotatable bonds is 5.